The molecule has 0 aliphatic heterocycles. The van der Waals surface area contributed by atoms with Crippen LogP contribution in [0, 0.1) is 0 Å². The molecular formula is C10H16ClN3O. The van der Waals surface area contributed by atoms with Gasteiger partial charge in [-0.15, -0.1) is 0 Å². The molecule has 0 saturated heterocycles. The standard InChI is InChI=1S/C10H16ClN3O/c1-4-8-10(11)9(14(3)13-8)5-7(15)6-12-2/h12H,4-6H2,1-3H3. The highest BCUT2D eigenvalue weighted by Crippen LogP contribution is 2.21. The molecule has 0 atom stereocenters. The van der Waals surface area contributed by atoms with Crippen molar-refractivity contribution in [2.24, 2.45) is 7.05 Å². The predicted octanol–water partition coefficient (Wildman–Crippen LogP) is 0.967. The molecule has 0 aliphatic rings. The molecule has 0 amide bonds. The van der Waals surface area contributed by atoms with Gasteiger partial charge in [-0.3, -0.25) is 9.48 Å². The number of Topliss-reactive ketones (excluding diaryl/α,β-unsaturated/α-hetero) is 1. The van der Waals surface area contributed by atoms with E-state index in [2.05, 4.69) is 10.4 Å². The number of carbonyl (C=O) groups excluding carboxylic acids is 1. The largest absolute Gasteiger partial charge is 0.313 e. The highest BCUT2D eigenvalue weighted by atomic mass is 35.5. The number of aromatic nitrogens is 2. The zero-order chi connectivity index (χ0) is 11.4. The minimum absolute atomic E-state index is 0.116. The fourth-order valence-electron chi connectivity index (χ4n) is 1.46. The van der Waals surface area contributed by atoms with Crippen molar-refractivity contribution in [3.63, 3.8) is 0 Å². The van der Waals surface area contributed by atoms with Gasteiger partial charge in [-0.1, -0.05) is 18.5 Å². The lowest BCUT2D eigenvalue weighted by Crippen LogP contribution is -2.21. The lowest BCUT2D eigenvalue weighted by atomic mass is 10.2. The Morgan fingerprint density at radius 1 is 1.60 bits per heavy atom. The number of ketones is 1. The van der Waals surface area contributed by atoms with Crippen LogP contribution in [0.4, 0.5) is 0 Å². The molecule has 0 spiro atoms. The normalized spacial score (nSPS) is 10.7. The van der Waals surface area contributed by atoms with Crippen molar-refractivity contribution in [1.82, 2.24) is 15.1 Å². The van der Waals surface area contributed by atoms with Gasteiger partial charge < -0.3 is 5.32 Å². The van der Waals surface area contributed by atoms with Gasteiger partial charge in [0.15, 0.2) is 5.78 Å². The van der Waals surface area contributed by atoms with E-state index in [1.165, 1.54) is 0 Å². The van der Waals surface area contributed by atoms with Gasteiger partial charge in [-0.05, 0) is 13.5 Å². The number of hydrogen-bond donors (Lipinski definition) is 1. The van der Waals surface area contributed by atoms with E-state index < -0.39 is 0 Å². The van der Waals surface area contributed by atoms with Crippen molar-refractivity contribution in [1.29, 1.82) is 0 Å². The summed E-state index contributed by atoms with van der Waals surface area (Å²) >= 11 is 6.12. The van der Waals surface area contributed by atoms with Gasteiger partial charge in [0, 0.05) is 7.05 Å². The molecule has 0 aliphatic carbocycles. The first-order chi connectivity index (χ1) is 7.10. The zero-order valence-corrected chi connectivity index (χ0v) is 10.1. The maximum absolute atomic E-state index is 11.5. The third kappa shape index (κ3) is 2.79. The van der Waals surface area contributed by atoms with Crippen LogP contribution in [0.15, 0.2) is 0 Å². The van der Waals surface area contributed by atoms with E-state index in [0.717, 1.165) is 17.8 Å². The predicted molar refractivity (Wildman–Crippen MR) is 60.2 cm³/mol. The first-order valence-corrected chi connectivity index (χ1v) is 5.34. The van der Waals surface area contributed by atoms with Crippen molar-refractivity contribution < 1.29 is 4.79 Å². The van der Waals surface area contributed by atoms with Crippen molar-refractivity contribution in [3.05, 3.63) is 16.4 Å². The summed E-state index contributed by atoms with van der Waals surface area (Å²) in [5, 5.41) is 7.71. The van der Waals surface area contributed by atoms with Gasteiger partial charge in [-0.2, -0.15) is 5.10 Å². The first kappa shape index (κ1) is 12.2. The van der Waals surface area contributed by atoms with Crippen LogP contribution in [0.3, 0.4) is 0 Å². The summed E-state index contributed by atoms with van der Waals surface area (Å²) in [6.45, 7) is 2.36. The number of rotatable bonds is 5. The van der Waals surface area contributed by atoms with Gasteiger partial charge in [0.2, 0.25) is 0 Å². The van der Waals surface area contributed by atoms with Gasteiger partial charge in [0.1, 0.15) is 0 Å². The molecule has 0 unspecified atom stereocenters. The average Bonchev–Trinajstić information content (AvgIpc) is 2.45. The molecule has 0 bridgehead atoms. The minimum atomic E-state index is 0.116. The summed E-state index contributed by atoms with van der Waals surface area (Å²) in [4.78, 5) is 11.5. The molecule has 0 aromatic carbocycles. The Hall–Kier alpha value is -0.870. The van der Waals surface area contributed by atoms with E-state index in [-0.39, 0.29) is 5.78 Å². The van der Waals surface area contributed by atoms with Crippen LogP contribution in [0.2, 0.25) is 5.02 Å². The Balaban J connectivity index is 2.85. The third-order valence-corrected chi connectivity index (χ3v) is 2.68. The molecule has 15 heavy (non-hydrogen) atoms. The van der Waals surface area contributed by atoms with Crippen molar-refractivity contribution in [2.45, 2.75) is 19.8 Å². The summed E-state index contributed by atoms with van der Waals surface area (Å²) in [7, 11) is 3.56. The van der Waals surface area contributed by atoms with E-state index in [1.54, 1.807) is 11.7 Å². The van der Waals surface area contributed by atoms with Gasteiger partial charge in [-0.25, -0.2) is 0 Å². The molecule has 0 radical (unpaired) electrons. The van der Waals surface area contributed by atoms with Gasteiger partial charge in [0.05, 0.1) is 29.4 Å². The Morgan fingerprint density at radius 2 is 2.27 bits per heavy atom. The summed E-state index contributed by atoms with van der Waals surface area (Å²) in [6.07, 6.45) is 1.12. The van der Waals surface area contributed by atoms with E-state index in [1.807, 2.05) is 14.0 Å². The van der Waals surface area contributed by atoms with Gasteiger partial charge >= 0.3 is 0 Å². The van der Waals surface area contributed by atoms with Crippen LogP contribution in [0.1, 0.15) is 18.3 Å². The molecule has 1 heterocycles. The molecule has 0 saturated carbocycles. The lowest BCUT2D eigenvalue weighted by Gasteiger charge is -2.01. The summed E-state index contributed by atoms with van der Waals surface area (Å²) in [6, 6.07) is 0. The molecular weight excluding hydrogens is 214 g/mol. The summed E-state index contributed by atoms with van der Waals surface area (Å²) in [5.74, 6) is 0.116. The third-order valence-electron chi connectivity index (χ3n) is 2.24. The van der Waals surface area contributed by atoms with E-state index in [9.17, 15) is 4.79 Å². The molecule has 0 fully saturated rings. The maximum atomic E-state index is 11.5. The second-order valence-corrected chi connectivity index (χ2v) is 3.81. The molecule has 4 nitrogen and oxygen atoms in total. The Morgan fingerprint density at radius 3 is 2.73 bits per heavy atom. The number of hydrogen-bond acceptors (Lipinski definition) is 3. The topological polar surface area (TPSA) is 46.9 Å². The highest BCUT2D eigenvalue weighted by molar-refractivity contribution is 6.32. The molecule has 1 N–H and O–H groups in total. The average molecular weight is 230 g/mol. The van der Waals surface area contributed by atoms with Crippen LogP contribution < -0.4 is 5.32 Å². The van der Waals surface area contributed by atoms with Crippen LogP contribution in [0.5, 0.6) is 0 Å². The molecule has 1 aromatic rings. The Bertz CT molecular complexity index is 360. The Labute approximate surface area is 94.6 Å². The van der Waals surface area contributed by atoms with E-state index in [4.69, 9.17) is 11.6 Å². The van der Waals surface area contributed by atoms with Crippen molar-refractivity contribution in [2.75, 3.05) is 13.6 Å². The van der Waals surface area contributed by atoms with E-state index in [0.29, 0.717) is 18.0 Å². The quantitative estimate of drug-likeness (QED) is 0.819. The van der Waals surface area contributed by atoms with E-state index >= 15 is 0 Å². The number of nitrogens with one attached hydrogen (secondary N) is 1. The number of aryl methyl sites for hydroxylation is 2. The monoisotopic (exact) mass is 229 g/mol. The smallest absolute Gasteiger partial charge is 0.152 e. The number of carbonyl (C=O) groups is 1. The fraction of sp³-hybridized carbons (Fsp3) is 0.600. The summed E-state index contributed by atoms with van der Waals surface area (Å²) in [5.41, 5.74) is 1.65. The zero-order valence-electron chi connectivity index (χ0n) is 9.30. The number of likely N-dealkylation sites (N-methyl/N-ethyl adjacent to an activating group) is 1. The van der Waals surface area contributed by atoms with Crippen molar-refractivity contribution in [3.8, 4) is 0 Å². The molecule has 5 heteroatoms. The minimum Gasteiger partial charge on any atom is -0.313 e. The SMILES string of the molecule is CCc1nn(C)c(CC(=O)CNC)c1Cl. The molecule has 84 valence electrons. The summed E-state index contributed by atoms with van der Waals surface area (Å²) < 4.78 is 1.69. The van der Waals surface area contributed by atoms with Crippen LogP contribution in [0.25, 0.3) is 0 Å². The molecule has 1 aromatic heterocycles. The van der Waals surface area contributed by atoms with Crippen LogP contribution in [-0.4, -0.2) is 29.2 Å². The second-order valence-electron chi connectivity index (χ2n) is 3.43. The second kappa shape index (κ2) is 5.28. The van der Waals surface area contributed by atoms with Crippen LogP contribution in [-0.2, 0) is 24.7 Å². The Kier molecular flexibility index (Phi) is 4.29. The van der Waals surface area contributed by atoms with Crippen molar-refractivity contribution >= 4 is 17.4 Å². The van der Waals surface area contributed by atoms with Crippen LogP contribution >= 0.6 is 11.6 Å². The maximum Gasteiger partial charge on any atom is 0.152 e. The molecule has 1 rings (SSSR count). The fourth-order valence-corrected chi connectivity index (χ4v) is 1.82. The lowest BCUT2D eigenvalue weighted by molar-refractivity contribution is -0.117. The highest BCUT2D eigenvalue weighted by Gasteiger charge is 2.15. The number of halogens is 1. The van der Waals surface area contributed by atoms with Gasteiger partial charge in [0.25, 0.3) is 0 Å². The first-order valence-electron chi connectivity index (χ1n) is 4.96. The number of nitrogens with zero attached hydrogens (tertiary/aromatic N) is 2.